The Morgan fingerprint density at radius 1 is 1.24 bits per heavy atom. The van der Waals surface area contributed by atoms with Gasteiger partial charge in [0, 0.05) is 31.2 Å². The van der Waals surface area contributed by atoms with Crippen LogP contribution in [0.25, 0.3) is 0 Å². The van der Waals surface area contributed by atoms with Crippen LogP contribution in [-0.2, 0) is 13.1 Å². The van der Waals surface area contributed by atoms with Gasteiger partial charge in [0.2, 0.25) is 0 Å². The molecular weight excluding hydrogens is 260 g/mol. The lowest BCUT2D eigenvalue weighted by Crippen LogP contribution is -2.34. The Hall–Kier alpha value is -1.68. The van der Waals surface area contributed by atoms with Gasteiger partial charge in [-0.05, 0) is 63.4 Å². The smallest absolute Gasteiger partial charge is 0.0596 e. The lowest BCUT2D eigenvalue weighted by atomic mass is 9.96. The van der Waals surface area contributed by atoms with Crippen LogP contribution >= 0.6 is 0 Å². The maximum absolute atomic E-state index is 4.59. The summed E-state index contributed by atoms with van der Waals surface area (Å²) in [5, 5.41) is 4.59. The third kappa shape index (κ3) is 3.70. The second kappa shape index (κ2) is 6.39. The van der Waals surface area contributed by atoms with Crippen molar-refractivity contribution in [3.8, 4) is 0 Å². The molecule has 0 saturated carbocycles. The highest BCUT2D eigenvalue weighted by Gasteiger charge is 2.20. The molecule has 21 heavy (non-hydrogen) atoms. The average molecular weight is 284 g/mol. The van der Waals surface area contributed by atoms with E-state index in [4.69, 9.17) is 0 Å². The van der Waals surface area contributed by atoms with Crippen molar-refractivity contribution >= 4 is 0 Å². The minimum absolute atomic E-state index is 0.758. The van der Waals surface area contributed by atoms with Crippen LogP contribution in [0.3, 0.4) is 0 Å². The van der Waals surface area contributed by atoms with Gasteiger partial charge in [0.15, 0.2) is 0 Å². The zero-order valence-electron chi connectivity index (χ0n) is 13.0. The SMILES string of the molecule is Cc1cc(C)n(CC2CCN(Cc3cccnc3)CC2)n1. The highest BCUT2D eigenvalue weighted by atomic mass is 15.3. The Balaban J connectivity index is 1.50. The molecule has 1 aliphatic heterocycles. The number of hydrogen-bond donors (Lipinski definition) is 0. The summed E-state index contributed by atoms with van der Waals surface area (Å²) in [6.45, 7) is 8.68. The summed E-state index contributed by atoms with van der Waals surface area (Å²) in [7, 11) is 0. The van der Waals surface area contributed by atoms with Crippen LogP contribution < -0.4 is 0 Å². The Morgan fingerprint density at radius 3 is 2.67 bits per heavy atom. The summed E-state index contributed by atoms with van der Waals surface area (Å²) < 4.78 is 2.18. The Bertz CT molecular complexity index is 568. The van der Waals surface area contributed by atoms with E-state index in [-0.39, 0.29) is 0 Å². The van der Waals surface area contributed by atoms with Crippen molar-refractivity contribution in [3.05, 3.63) is 47.5 Å². The first-order valence-corrected chi connectivity index (χ1v) is 7.83. The minimum Gasteiger partial charge on any atom is -0.299 e. The molecule has 112 valence electrons. The zero-order chi connectivity index (χ0) is 14.7. The van der Waals surface area contributed by atoms with Gasteiger partial charge in [-0.1, -0.05) is 6.07 Å². The molecule has 2 aromatic heterocycles. The maximum Gasteiger partial charge on any atom is 0.0596 e. The topological polar surface area (TPSA) is 34.0 Å². The van der Waals surface area contributed by atoms with Crippen molar-refractivity contribution in [2.24, 2.45) is 5.92 Å². The van der Waals surface area contributed by atoms with Gasteiger partial charge in [-0.2, -0.15) is 5.10 Å². The summed E-state index contributed by atoms with van der Waals surface area (Å²) in [6.07, 6.45) is 6.34. The second-order valence-corrected chi connectivity index (χ2v) is 6.19. The molecule has 3 heterocycles. The number of pyridine rings is 1. The molecule has 2 aromatic rings. The molecule has 0 amide bonds. The zero-order valence-corrected chi connectivity index (χ0v) is 13.0. The number of piperidine rings is 1. The lowest BCUT2D eigenvalue weighted by Gasteiger charge is -2.32. The fourth-order valence-electron chi connectivity index (χ4n) is 3.18. The highest BCUT2D eigenvalue weighted by molar-refractivity contribution is 5.08. The van der Waals surface area contributed by atoms with Crippen LogP contribution in [0.2, 0.25) is 0 Å². The third-order valence-corrected chi connectivity index (χ3v) is 4.37. The van der Waals surface area contributed by atoms with Crippen LogP contribution in [0.5, 0.6) is 0 Å². The van der Waals surface area contributed by atoms with Gasteiger partial charge in [0.05, 0.1) is 5.69 Å². The number of hydrogen-bond acceptors (Lipinski definition) is 3. The van der Waals surface area contributed by atoms with Crippen molar-refractivity contribution in [3.63, 3.8) is 0 Å². The molecule has 0 aromatic carbocycles. The molecular formula is C17H24N4. The van der Waals surface area contributed by atoms with E-state index >= 15 is 0 Å². The van der Waals surface area contributed by atoms with Gasteiger partial charge in [-0.25, -0.2) is 0 Å². The summed E-state index contributed by atoms with van der Waals surface area (Å²) >= 11 is 0. The van der Waals surface area contributed by atoms with Gasteiger partial charge in [-0.3, -0.25) is 14.6 Å². The first-order valence-electron chi connectivity index (χ1n) is 7.83. The number of likely N-dealkylation sites (tertiary alicyclic amines) is 1. The van der Waals surface area contributed by atoms with E-state index in [1.165, 1.54) is 37.2 Å². The standard InChI is InChI=1S/C17H24N4/c1-14-10-15(2)21(19-14)13-16-5-8-20(9-6-16)12-17-4-3-7-18-11-17/h3-4,7,10-11,16H,5-6,8-9,12-13H2,1-2H3. The number of aromatic nitrogens is 3. The molecule has 3 rings (SSSR count). The molecule has 4 heteroatoms. The van der Waals surface area contributed by atoms with Gasteiger partial charge in [0.1, 0.15) is 0 Å². The third-order valence-electron chi connectivity index (χ3n) is 4.37. The van der Waals surface area contributed by atoms with E-state index in [2.05, 4.69) is 45.6 Å². The van der Waals surface area contributed by atoms with E-state index in [0.29, 0.717) is 0 Å². The van der Waals surface area contributed by atoms with E-state index in [1.807, 2.05) is 18.5 Å². The number of nitrogens with zero attached hydrogens (tertiary/aromatic N) is 4. The van der Waals surface area contributed by atoms with Gasteiger partial charge in [0.25, 0.3) is 0 Å². The first kappa shape index (κ1) is 14.3. The quantitative estimate of drug-likeness (QED) is 0.866. The summed E-state index contributed by atoms with van der Waals surface area (Å²) in [4.78, 5) is 6.73. The molecule has 1 saturated heterocycles. The largest absolute Gasteiger partial charge is 0.299 e. The molecule has 0 spiro atoms. The summed E-state index contributed by atoms with van der Waals surface area (Å²) in [5.74, 6) is 0.758. The first-order chi connectivity index (χ1) is 10.2. The Kier molecular flexibility index (Phi) is 4.34. The number of rotatable bonds is 4. The van der Waals surface area contributed by atoms with Crippen molar-refractivity contribution in [2.45, 2.75) is 39.8 Å². The van der Waals surface area contributed by atoms with E-state index < -0.39 is 0 Å². The summed E-state index contributed by atoms with van der Waals surface area (Å²) in [5.41, 5.74) is 3.72. The fourth-order valence-corrected chi connectivity index (χ4v) is 3.18. The van der Waals surface area contributed by atoms with Crippen LogP contribution in [-0.4, -0.2) is 32.8 Å². The summed E-state index contributed by atoms with van der Waals surface area (Å²) in [6, 6.07) is 6.34. The fraction of sp³-hybridized carbons (Fsp3) is 0.529. The second-order valence-electron chi connectivity index (χ2n) is 6.19. The molecule has 1 aliphatic rings. The van der Waals surface area contributed by atoms with Gasteiger partial charge < -0.3 is 0 Å². The molecule has 4 nitrogen and oxygen atoms in total. The van der Waals surface area contributed by atoms with Crippen LogP contribution in [0.15, 0.2) is 30.6 Å². The molecule has 0 aliphatic carbocycles. The minimum atomic E-state index is 0.758. The van der Waals surface area contributed by atoms with Gasteiger partial charge >= 0.3 is 0 Å². The van der Waals surface area contributed by atoms with E-state index in [1.54, 1.807) is 0 Å². The molecule has 0 N–H and O–H groups in total. The van der Waals surface area contributed by atoms with E-state index in [0.717, 1.165) is 24.7 Å². The van der Waals surface area contributed by atoms with Crippen molar-refractivity contribution in [2.75, 3.05) is 13.1 Å². The van der Waals surface area contributed by atoms with Crippen LogP contribution in [0.1, 0.15) is 29.8 Å². The molecule has 0 unspecified atom stereocenters. The monoisotopic (exact) mass is 284 g/mol. The molecule has 0 atom stereocenters. The van der Waals surface area contributed by atoms with Crippen molar-refractivity contribution in [1.82, 2.24) is 19.7 Å². The molecule has 0 radical (unpaired) electrons. The number of aryl methyl sites for hydroxylation is 2. The van der Waals surface area contributed by atoms with E-state index in [9.17, 15) is 0 Å². The predicted octanol–water partition coefficient (Wildman–Crippen LogP) is 2.81. The highest BCUT2D eigenvalue weighted by Crippen LogP contribution is 2.21. The normalized spacial score (nSPS) is 17.2. The molecule has 0 bridgehead atoms. The van der Waals surface area contributed by atoms with Crippen molar-refractivity contribution < 1.29 is 0 Å². The molecule has 1 fully saturated rings. The van der Waals surface area contributed by atoms with Crippen LogP contribution in [0, 0.1) is 19.8 Å². The Morgan fingerprint density at radius 2 is 2.05 bits per heavy atom. The van der Waals surface area contributed by atoms with Crippen LogP contribution in [0.4, 0.5) is 0 Å². The average Bonchev–Trinajstić information content (AvgIpc) is 2.80. The lowest BCUT2D eigenvalue weighted by molar-refractivity contribution is 0.164. The maximum atomic E-state index is 4.59. The van der Waals surface area contributed by atoms with Gasteiger partial charge in [-0.15, -0.1) is 0 Å². The Labute approximate surface area is 126 Å². The predicted molar refractivity (Wildman–Crippen MR) is 83.9 cm³/mol. The van der Waals surface area contributed by atoms with Crippen molar-refractivity contribution in [1.29, 1.82) is 0 Å².